The number of phenolic OH excluding ortho intramolecular Hbond substituents is 1. The number of phenols is 1. The normalized spacial score (nSPS) is 11.1. The van der Waals surface area contributed by atoms with E-state index >= 15 is 0 Å². The lowest BCUT2D eigenvalue weighted by molar-refractivity contribution is 0.0923. The highest BCUT2D eigenvalue weighted by Gasteiger charge is 2.16. The van der Waals surface area contributed by atoms with E-state index in [1.165, 1.54) is 23.7 Å². The van der Waals surface area contributed by atoms with Crippen LogP contribution in [0.5, 0.6) is 5.75 Å². The van der Waals surface area contributed by atoms with Gasteiger partial charge < -0.3 is 9.67 Å². The molecule has 0 aliphatic rings. The first-order chi connectivity index (χ1) is 16.3. The summed E-state index contributed by atoms with van der Waals surface area (Å²) in [6, 6.07) is 16.2. The van der Waals surface area contributed by atoms with Gasteiger partial charge in [-0.1, -0.05) is 30.3 Å². The molecule has 0 spiro atoms. The van der Waals surface area contributed by atoms with Gasteiger partial charge in [-0.05, 0) is 36.2 Å². The average molecular weight is 498 g/mol. The molecule has 0 saturated heterocycles. The van der Waals surface area contributed by atoms with E-state index in [1.807, 2.05) is 30.3 Å². The summed E-state index contributed by atoms with van der Waals surface area (Å²) in [5, 5.41) is 9.49. The fourth-order valence-corrected chi connectivity index (χ4v) is 4.03. The molecule has 4 rings (SSSR count). The Bertz CT molecular complexity index is 1420. The molecule has 0 fully saturated rings. The molecule has 4 aromatic rings. The Morgan fingerprint density at radius 2 is 1.69 bits per heavy atom. The zero-order valence-corrected chi connectivity index (χ0v) is 20.4. The van der Waals surface area contributed by atoms with E-state index in [2.05, 4.69) is 9.88 Å². The van der Waals surface area contributed by atoms with Crippen LogP contribution in [0.4, 0.5) is 0 Å². The van der Waals surface area contributed by atoms with Crippen molar-refractivity contribution >= 4 is 29.4 Å². The molecule has 0 aliphatic carbocycles. The van der Waals surface area contributed by atoms with Gasteiger partial charge >= 0.3 is 5.69 Å². The van der Waals surface area contributed by atoms with Gasteiger partial charge in [-0.3, -0.25) is 23.6 Å². The van der Waals surface area contributed by atoms with Crippen LogP contribution in [0.3, 0.4) is 0 Å². The van der Waals surface area contributed by atoms with Crippen LogP contribution in [0, 0.1) is 0 Å². The number of rotatable bonds is 9. The van der Waals surface area contributed by atoms with Crippen molar-refractivity contribution in [3.63, 3.8) is 0 Å². The van der Waals surface area contributed by atoms with Gasteiger partial charge in [-0.25, -0.2) is 9.78 Å². The fraction of sp³-hybridized carbons (Fsp3) is 0.280. The molecule has 0 unspecified atom stereocenters. The fourth-order valence-electron chi connectivity index (χ4n) is 4.03. The highest BCUT2D eigenvalue weighted by molar-refractivity contribution is 5.97. The maximum atomic E-state index is 12.9. The lowest BCUT2D eigenvalue weighted by Gasteiger charge is -2.22. The number of hydrogen-bond donors (Lipinski definition) is 1. The molecule has 0 radical (unpaired) electrons. The van der Waals surface area contributed by atoms with E-state index in [0.29, 0.717) is 42.8 Å². The van der Waals surface area contributed by atoms with Crippen molar-refractivity contribution in [2.45, 2.75) is 19.5 Å². The molecule has 9 nitrogen and oxygen atoms in total. The maximum absolute atomic E-state index is 12.9. The number of Topliss-reactive ketones (excluding diaryl/α,β-unsaturated/α-hetero) is 1. The van der Waals surface area contributed by atoms with E-state index in [4.69, 9.17) is 0 Å². The number of halogens is 1. The standard InChI is InChI=1S/C25H27N5O4.ClH/c1-27-23-22(24(33)28(2)25(27)34)30(17-26-23)14-6-13-29(15-18-7-4-3-5-8-18)16-21(32)19-9-11-20(31)12-10-19;/h3-5,7-12,17,31H,6,13-16H2,1-2H3;1H. The van der Waals surface area contributed by atoms with Crippen LogP contribution in [0.15, 0.2) is 70.5 Å². The molecule has 2 aromatic carbocycles. The quantitative estimate of drug-likeness (QED) is 0.356. The Kier molecular flexibility index (Phi) is 8.26. The molecule has 0 bridgehead atoms. The summed E-state index contributed by atoms with van der Waals surface area (Å²) in [4.78, 5) is 44.0. The third kappa shape index (κ3) is 5.70. The van der Waals surface area contributed by atoms with E-state index in [9.17, 15) is 19.5 Å². The Hall–Kier alpha value is -3.69. The minimum absolute atomic E-state index is 0. The number of carbonyl (C=O) groups excluding carboxylic acids is 1. The molecule has 10 heteroatoms. The topological polar surface area (TPSA) is 102 Å². The molecule has 2 aromatic heterocycles. The minimum atomic E-state index is -0.412. The van der Waals surface area contributed by atoms with Gasteiger partial charge in [0.15, 0.2) is 16.9 Å². The van der Waals surface area contributed by atoms with Crippen molar-refractivity contribution in [2.75, 3.05) is 13.1 Å². The molecule has 0 atom stereocenters. The van der Waals surface area contributed by atoms with E-state index in [-0.39, 0.29) is 36.0 Å². The van der Waals surface area contributed by atoms with E-state index < -0.39 is 5.69 Å². The first-order valence-electron chi connectivity index (χ1n) is 11.0. The highest BCUT2D eigenvalue weighted by Crippen LogP contribution is 2.13. The zero-order valence-electron chi connectivity index (χ0n) is 19.6. The van der Waals surface area contributed by atoms with Gasteiger partial charge in [0, 0.05) is 39.3 Å². The molecule has 35 heavy (non-hydrogen) atoms. The molecule has 0 aliphatic heterocycles. The number of imidazole rings is 1. The number of aromatic hydroxyl groups is 1. The number of fused-ring (bicyclic) bond motifs is 1. The van der Waals surface area contributed by atoms with Gasteiger partial charge in [0.2, 0.25) is 0 Å². The number of ketones is 1. The monoisotopic (exact) mass is 497 g/mol. The number of hydrogen-bond acceptors (Lipinski definition) is 6. The predicted octanol–water partition coefficient (Wildman–Crippen LogP) is 2.34. The number of aromatic nitrogens is 4. The smallest absolute Gasteiger partial charge is 0.332 e. The van der Waals surface area contributed by atoms with Crippen molar-refractivity contribution in [3.05, 3.63) is 92.9 Å². The van der Waals surface area contributed by atoms with Crippen LogP contribution >= 0.6 is 12.4 Å². The number of carbonyl (C=O) groups is 1. The van der Waals surface area contributed by atoms with Gasteiger partial charge in [-0.2, -0.15) is 0 Å². The first kappa shape index (κ1) is 25.9. The second-order valence-electron chi connectivity index (χ2n) is 8.34. The van der Waals surface area contributed by atoms with Crippen LogP contribution in [-0.2, 0) is 27.2 Å². The minimum Gasteiger partial charge on any atom is -0.508 e. The van der Waals surface area contributed by atoms with Crippen molar-refractivity contribution in [1.82, 2.24) is 23.6 Å². The average Bonchev–Trinajstić information content (AvgIpc) is 3.26. The van der Waals surface area contributed by atoms with Crippen LogP contribution in [-0.4, -0.2) is 47.6 Å². The summed E-state index contributed by atoms with van der Waals surface area (Å²) in [6.07, 6.45) is 2.25. The zero-order chi connectivity index (χ0) is 24.2. The van der Waals surface area contributed by atoms with Crippen LogP contribution in [0.1, 0.15) is 22.3 Å². The third-order valence-corrected chi connectivity index (χ3v) is 5.90. The molecule has 2 heterocycles. The molecule has 0 amide bonds. The molecular formula is C25H28ClN5O4. The molecular weight excluding hydrogens is 470 g/mol. The second-order valence-corrected chi connectivity index (χ2v) is 8.34. The van der Waals surface area contributed by atoms with E-state index in [0.717, 1.165) is 10.1 Å². The molecule has 1 N–H and O–H groups in total. The van der Waals surface area contributed by atoms with Gasteiger partial charge in [0.05, 0.1) is 12.9 Å². The van der Waals surface area contributed by atoms with Crippen molar-refractivity contribution in [1.29, 1.82) is 0 Å². The number of benzene rings is 2. The lowest BCUT2D eigenvalue weighted by atomic mass is 10.1. The predicted molar refractivity (Wildman–Crippen MR) is 136 cm³/mol. The summed E-state index contributed by atoms with van der Waals surface area (Å²) in [7, 11) is 3.05. The first-order valence-corrected chi connectivity index (χ1v) is 11.0. The van der Waals surface area contributed by atoms with Crippen molar-refractivity contribution < 1.29 is 9.90 Å². The van der Waals surface area contributed by atoms with Gasteiger partial charge in [-0.15, -0.1) is 12.4 Å². The summed E-state index contributed by atoms with van der Waals surface area (Å²) in [5.41, 5.74) is 1.60. The Morgan fingerprint density at radius 1 is 1.00 bits per heavy atom. The van der Waals surface area contributed by atoms with Crippen molar-refractivity contribution in [3.8, 4) is 5.75 Å². The summed E-state index contributed by atoms with van der Waals surface area (Å²) < 4.78 is 4.21. The van der Waals surface area contributed by atoms with Gasteiger partial charge in [0.25, 0.3) is 5.56 Å². The van der Waals surface area contributed by atoms with Gasteiger partial charge in [0.1, 0.15) is 5.75 Å². The van der Waals surface area contributed by atoms with Crippen molar-refractivity contribution in [2.24, 2.45) is 14.1 Å². The molecule has 0 saturated carbocycles. The Labute approximate surface area is 208 Å². The largest absolute Gasteiger partial charge is 0.508 e. The Balaban J connectivity index is 0.00000342. The van der Waals surface area contributed by atoms with Crippen LogP contribution < -0.4 is 11.2 Å². The SMILES string of the molecule is Cl.Cn1c(=O)c2c(ncn2CCCN(CC(=O)c2ccc(O)cc2)Cc2ccccc2)n(C)c1=O. The second kappa shape index (κ2) is 11.2. The Morgan fingerprint density at radius 3 is 2.37 bits per heavy atom. The summed E-state index contributed by atoms with van der Waals surface area (Å²) in [6.45, 7) is 1.96. The third-order valence-electron chi connectivity index (χ3n) is 5.90. The van der Waals surface area contributed by atoms with Crippen LogP contribution in [0.25, 0.3) is 11.2 Å². The van der Waals surface area contributed by atoms with Crippen LogP contribution in [0.2, 0.25) is 0 Å². The van der Waals surface area contributed by atoms with E-state index in [1.54, 1.807) is 30.1 Å². The number of nitrogens with zero attached hydrogens (tertiary/aromatic N) is 5. The highest BCUT2D eigenvalue weighted by atomic mass is 35.5. The number of aryl methyl sites for hydroxylation is 2. The molecule has 184 valence electrons. The lowest BCUT2D eigenvalue weighted by Crippen LogP contribution is -2.37. The maximum Gasteiger partial charge on any atom is 0.332 e. The summed E-state index contributed by atoms with van der Waals surface area (Å²) >= 11 is 0. The summed E-state index contributed by atoms with van der Waals surface area (Å²) in [5.74, 6) is 0.0850.